The third kappa shape index (κ3) is 4.89. The quantitative estimate of drug-likeness (QED) is 0.881. The number of thioether (sulfide) groups is 1. The molecule has 1 aliphatic heterocycles. The number of halogens is 3. The molecule has 0 spiro atoms. The van der Waals surface area contributed by atoms with Crippen LogP contribution in [0.5, 0.6) is 0 Å². The van der Waals surface area contributed by atoms with E-state index in [1.54, 1.807) is 0 Å². The summed E-state index contributed by atoms with van der Waals surface area (Å²) in [6.07, 6.45) is -1.52. The van der Waals surface area contributed by atoms with Crippen molar-refractivity contribution in [3.05, 3.63) is 29.8 Å². The lowest BCUT2D eigenvalue weighted by Gasteiger charge is -2.21. The standard InChI is InChI=1S/C14H18F3NO2S2/c15-14(16,17)12-1-3-13(4-2-12)22(19,20)18-8-5-11-6-9-21-10-7-11/h1-4,11,18H,5-10H2. The van der Waals surface area contributed by atoms with Gasteiger partial charge in [0.1, 0.15) is 0 Å². The predicted octanol–water partition coefficient (Wildman–Crippen LogP) is 3.52. The minimum Gasteiger partial charge on any atom is -0.211 e. The van der Waals surface area contributed by atoms with Crippen molar-refractivity contribution in [2.24, 2.45) is 5.92 Å². The van der Waals surface area contributed by atoms with E-state index >= 15 is 0 Å². The Morgan fingerprint density at radius 1 is 1.14 bits per heavy atom. The second-order valence-electron chi connectivity index (χ2n) is 5.26. The van der Waals surface area contributed by atoms with Gasteiger partial charge in [0.2, 0.25) is 10.0 Å². The molecule has 22 heavy (non-hydrogen) atoms. The number of benzene rings is 1. The van der Waals surface area contributed by atoms with Crippen molar-refractivity contribution in [3.8, 4) is 0 Å². The lowest BCUT2D eigenvalue weighted by molar-refractivity contribution is -0.137. The summed E-state index contributed by atoms with van der Waals surface area (Å²) in [6, 6.07) is 3.55. The Morgan fingerprint density at radius 2 is 1.73 bits per heavy atom. The van der Waals surface area contributed by atoms with Crippen molar-refractivity contribution in [3.63, 3.8) is 0 Å². The Morgan fingerprint density at radius 3 is 2.27 bits per heavy atom. The second kappa shape index (κ2) is 7.23. The lowest BCUT2D eigenvalue weighted by Crippen LogP contribution is -2.27. The van der Waals surface area contributed by atoms with Crippen LogP contribution < -0.4 is 4.72 Å². The van der Waals surface area contributed by atoms with Crippen LogP contribution in [0.4, 0.5) is 13.2 Å². The third-order valence-corrected chi connectivity index (χ3v) is 6.20. The normalized spacial score (nSPS) is 17.6. The van der Waals surface area contributed by atoms with Gasteiger partial charge >= 0.3 is 6.18 Å². The average molecular weight is 353 g/mol. The summed E-state index contributed by atoms with van der Waals surface area (Å²) in [5.41, 5.74) is -0.855. The predicted molar refractivity (Wildman–Crippen MR) is 81.3 cm³/mol. The molecule has 0 aromatic heterocycles. The second-order valence-corrected chi connectivity index (χ2v) is 8.26. The van der Waals surface area contributed by atoms with Crippen molar-refractivity contribution in [1.29, 1.82) is 0 Å². The van der Waals surface area contributed by atoms with Gasteiger partial charge in [-0.1, -0.05) is 0 Å². The molecule has 124 valence electrons. The molecule has 0 atom stereocenters. The number of alkyl halides is 3. The van der Waals surface area contributed by atoms with Gasteiger partial charge in [-0.2, -0.15) is 24.9 Å². The molecule has 3 nitrogen and oxygen atoms in total. The van der Waals surface area contributed by atoms with Gasteiger partial charge in [-0.3, -0.25) is 0 Å². The van der Waals surface area contributed by atoms with E-state index in [1.165, 1.54) is 0 Å². The van der Waals surface area contributed by atoms with E-state index in [1.807, 2.05) is 11.8 Å². The molecule has 0 bridgehead atoms. The first-order valence-electron chi connectivity index (χ1n) is 7.04. The molecule has 1 aromatic carbocycles. The van der Waals surface area contributed by atoms with Crippen LogP contribution in [0, 0.1) is 5.92 Å². The fraction of sp³-hybridized carbons (Fsp3) is 0.571. The molecule has 0 radical (unpaired) electrons. The average Bonchev–Trinajstić information content (AvgIpc) is 2.47. The van der Waals surface area contributed by atoms with Crippen LogP contribution >= 0.6 is 11.8 Å². The molecule has 1 aromatic rings. The lowest BCUT2D eigenvalue weighted by atomic mass is 9.99. The summed E-state index contributed by atoms with van der Waals surface area (Å²) in [7, 11) is -3.75. The summed E-state index contributed by atoms with van der Waals surface area (Å²) in [4.78, 5) is -0.139. The van der Waals surface area contributed by atoms with Crippen LogP contribution in [-0.2, 0) is 16.2 Å². The highest BCUT2D eigenvalue weighted by molar-refractivity contribution is 7.99. The highest BCUT2D eigenvalue weighted by Crippen LogP contribution is 2.29. The Kier molecular flexibility index (Phi) is 5.79. The van der Waals surface area contributed by atoms with Crippen LogP contribution in [0.25, 0.3) is 0 Å². The SMILES string of the molecule is O=S(=O)(NCCC1CCSCC1)c1ccc(C(F)(F)F)cc1. The fourth-order valence-corrected chi connectivity index (χ4v) is 4.59. The first kappa shape index (κ1) is 17.6. The van der Waals surface area contributed by atoms with Crippen molar-refractivity contribution in [2.75, 3.05) is 18.1 Å². The van der Waals surface area contributed by atoms with E-state index in [-0.39, 0.29) is 4.90 Å². The first-order valence-corrected chi connectivity index (χ1v) is 9.67. The van der Waals surface area contributed by atoms with E-state index in [2.05, 4.69) is 4.72 Å². The van der Waals surface area contributed by atoms with E-state index in [0.29, 0.717) is 12.5 Å². The first-order chi connectivity index (χ1) is 10.3. The highest BCUT2D eigenvalue weighted by Gasteiger charge is 2.30. The van der Waals surface area contributed by atoms with Gasteiger partial charge in [0.15, 0.2) is 0 Å². The maximum Gasteiger partial charge on any atom is 0.416 e. The summed E-state index contributed by atoms with van der Waals surface area (Å²) >= 11 is 1.91. The third-order valence-electron chi connectivity index (χ3n) is 3.68. The molecular formula is C14H18F3NO2S2. The largest absolute Gasteiger partial charge is 0.416 e. The molecule has 2 rings (SSSR count). The summed E-state index contributed by atoms with van der Waals surface area (Å²) < 4.78 is 63.9. The summed E-state index contributed by atoms with van der Waals surface area (Å²) in [5, 5.41) is 0. The van der Waals surface area contributed by atoms with E-state index < -0.39 is 21.8 Å². The van der Waals surface area contributed by atoms with Crippen LogP contribution in [0.1, 0.15) is 24.8 Å². The van der Waals surface area contributed by atoms with Gasteiger partial charge in [0, 0.05) is 6.54 Å². The zero-order valence-corrected chi connectivity index (χ0v) is 13.5. The summed E-state index contributed by atoms with van der Waals surface area (Å²) in [5.74, 6) is 2.74. The molecule has 1 aliphatic rings. The molecule has 0 saturated carbocycles. The molecule has 1 fully saturated rings. The number of sulfonamides is 1. The number of hydrogen-bond donors (Lipinski definition) is 1. The topological polar surface area (TPSA) is 46.2 Å². The van der Waals surface area contributed by atoms with Crippen LogP contribution in [0.15, 0.2) is 29.2 Å². The Bertz CT molecular complexity index is 579. The smallest absolute Gasteiger partial charge is 0.211 e. The Hall–Kier alpha value is -0.730. The van der Waals surface area contributed by atoms with Gasteiger partial charge < -0.3 is 0 Å². The molecule has 0 aliphatic carbocycles. The molecule has 0 amide bonds. The van der Waals surface area contributed by atoms with Crippen molar-refractivity contribution < 1.29 is 21.6 Å². The van der Waals surface area contributed by atoms with Crippen molar-refractivity contribution >= 4 is 21.8 Å². The molecule has 1 N–H and O–H groups in total. The van der Waals surface area contributed by atoms with Crippen LogP contribution in [0.2, 0.25) is 0 Å². The molecule has 0 unspecified atom stereocenters. The molecule has 1 heterocycles. The molecule has 8 heteroatoms. The van der Waals surface area contributed by atoms with Gasteiger partial charge in [-0.25, -0.2) is 13.1 Å². The van der Waals surface area contributed by atoms with Gasteiger partial charge in [-0.15, -0.1) is 0 Å². The number of rotatable bonds is 5. The van der Waals surface area contributed by atoms with Crippen LogP contribution in [-0.4, -0.2) is 26.5 Å². The Balaban J connectivity index is 1.92. The maximum absolute atomic E-state index is 12.5. The van der Waals surface area contributed by atoms with E-state index in [0.717, 1.165) is 55.0 Å². The molecule has 1 saturated heterocycles. The molecular weight excluding hydrogens is 335 g/mol. The minimum atomic E-state index is -4.46. The maximum atomic E-state index is 12.5. The monoisotopic (exact) mass is 353 g/mol. The van der Waals surface area contributed by atoms with Crippen molar-refractivity contribution in [1.82, 2.24) is 4.72 Å². The number of nitrogens with one attached hydrogen (secondary N) is 1. The van der Waals surface area contributed by atoms with Crippen molar-refractivity contribution in [2.45, 2.75) is 30.3 Å². The van der Waals surface area contributed by atoms with Gasteiger partial charge in [0.25, 0.3) is 0 Å². The zero-order valence-electron chi connectivity index (χ0n) is 11.9. The van der Waals surface area contributed by atoms with Gasteiger partial charge in [0.05, 0.1) is 10.5 Å². The fourth-order valence-electron chi connectivity index (χ4n) is 2.34. The van der Waals surface area contributed by atoms with E-state index in [4.69, 9.17) is 0 Å². The highest BCUT2D eigenvalue weighted by atomic mass is 32.2. The zero-order chi connectivity index (χ0) is 16.2. The van der Waals surface area contributed by atoms with Crippen LogP contribution in [0.3, 0.4) is 0 Å². The van der Waals surface area contributed by atoms with E-state index in [9.17, 15) is 21.6 Å². The minimum absolute atomic E-state index is 0.139. The number of hydrogen-bond acceptors (Lipinski definition) is 3. The summed E-state index contributed by atoms with van der Waals surface area (Å²) in [6.45, 7) is 0.318. The Labute approximate surface area is 132 Å². The van der Waals surface area contributed by atoms with Gasteiger partial charge in [-0.05, 0) is 61.0 Å².